The van der Waals surface area contributed by atoms with Gasteiger partial charge in [-0.1, -0.05) is 13.8 Å². The van der Waals surface area contributed by atoms with Crippen molar-refractivity contribution in [3.05, 3.63) is 35.4 Å². The third kappa shape index (κ3) is 3.30. The van der Waals surface area contributed by atoms with Gasteiger partial charge in [0.2, 0.25) is 0 Å². The van der Waals surface area contributed by atoms with E-state index in [-0.39, 0.29) is 29.8 Å². The summed E-state index contributed by atoms with van der Waals surface area (Å²) in [6.45, 7) is 5.56. The van der Waals surface area contributed by atoms with Gasteiger partial charge in [-0.25, -0.2) is 0 Å². The zero-order valence-electron chi connectivity index (χ0n) is 11.8. The molecule has 1 aromatic carbocycles. The molecule has 1 unspecified atom stereocenters. The highest BCUT2D eigenvalue weighted by Gasteiger charge is 2.35. The number of nitrogens with zero attached hydrogens (tertiary/aromatic N) is 2. The number of carbonyl (C=O) groups excluding carboxylic acids is 1. The molecule has 0 spiro atoms. The Kier molecular flexibility index (Phi) is 5.15. The van der Waals surface area contributed by atoms with Crippen molar-refractivity contribution >= 4 is 18.3 Å². The molecule has 0 radical (unpaired) electrons. The molecule has 1 amide bonds. The van der Waals surface area contributed by atoms with Crippen LogP contribution in [0.25, 0.3) is 0 Å². The first-order valence-corrected chi connectivity index (χ1v) is 6.49. The highest BCUT2D eigenvalue weighted by Crippen LogP contribution is 2.28. The fourth-order valence-electron chi connectivity index (χ4n) is 2.42. The fourth-order valence-corrected chi connectivity index (χ4v) is 2.42. The average molecular weight is 294 g/mol. The molecule has 0 saturated carbocycles. The zero-order valence-corrected chi connectivity index (χ0v) is 12.6. The molecule has 5 heteroatoms. The quantitative estimate of drug-likeness (QED) is 0.863. The van der Waals surface area contributed by atoms with E-state index in [0.29, 0.717) is 24.2 Å². The van der Waals surface area contributed by atoms with Crippen LogP contribution in [0.2, 0.25) is 0 Å². The van der Waals surface area contributed by atoms with E-state index in [4.69, 9.17) is 11.0 Å². The molecule has 4 nitrogen and oxygen atoms in total. The summed E-state index contributed by atoms with van der Waals surface area (Å²) in [5.74, 6) is 0.0180. The fraction of sp³-hybridized carbons (Fsp3) is 0.467. The lowest BCUT2D eigenvalue weighted by Crippen LogP contribution is -2.53. The van der Waals surface area contributed by atoms with Gasteiger partial charge in [0.05, 0.1) is 11.6 Å². The summed E-state index contributed by atoms with van der Waals surface area (Å²) in [5, 5.41) is 8.75. The topological polar surface area (TPSA) is 70.1 Å². The molecule has 1 aromatic rings. The summed E-state index contributed by atoms with van der Waals surface area (Å²) < 4.78 is 0. The van der Waals surface area contributed by atoms with Gasteiger partial charge in [0, 0.05) is 24.7 Å². The predicted octanol–water partition coefficient (Wildman–Crippen LogP) is 2.18. The second-order valence-electron chi connectivity index (χ2n) is 5.80. The summed E-state index contributed by atoms with van der Waals surface area (Å²) in [6, 6.07) is 8.96. The van der Waals surface area contributed by atoms with Gasteiger partial charge < -0.3 is 10.6 Å². The van der Waals surface area contributed by atoms with Crippen molar-refractivity contribution in [3.63, 3.8) is 0 Å². The molecular formula is C15H20ClN3O. The van der Waals surface area contributed by atoms with Crippen molar-refractivity contribution in [2.45, 2.75) is 26.3 Å². The molecule has 1 aliphatic heterocycles. The maximum atomic E-state index is 12.4. The van der Waals surface area contributed by atoms with E-state index in [1.165, 1.54) is 0 Å². The van der Waals surface area contributed by atoms with Crippen LogP contribution >= 0.6 is 12.4 Å². The van der Waals surface area contributed by atoms with E-state index in [1.54, 1.807) is 24.3 Å². The first-order valence-electron chi connectivity index (χ1n) is 6.49. The number of carbonyl (C=O) groups is 1. The number of likely N-dealkylation sites (tertiary alicyclic amines) is 1. The molecule has 0 aliphatic carbocycles. The molecule has 2 rings (SSSR count). The van der Waals surface area contributed by atoms with Gasteiger partial charge in [0.25, 0.3) is 5.91 Å². The number of benzene rings is 1. The van der Waals surface area contributed by atoms with Gasteiger partial charge in [0.1, 0.15) is 0 Å². The molecule has 1 atom stereocenters. The largest absolute Gasteiger partial charge is 0.338 e. The minimum atomic E-state index is -0.0551. The monoisotopic (exact) mass is 293 g/mol. The van der Waals surface area contributed by atoms with Crippen LogP contribution in [-0.4, -0.2) is 29.9 Å². The number of amides is 1. The molecule has 1 saturated heterocycles. The molecule has 20 heavy (non-hydrogen) atoms. The highest BCUT2D eigenvalue weighted by molar-refractivity contribution is 5.94. The second-order valence-corrected chi connectivity index (χ2v) is 5.80. The van der Waals surface area contributed by atoms with E-state index in [2.05, 4.69) is 19.9 Å². The van der Waals surface area contributed by atoms with Gasteiger partial charge >= 0.3 is 0 Å². The minimum Gasteiger partial charge on any atom is -0.338 e. The van der Waals surface area contributed by atoms with Crippen molar-refractivity contribution in [2.24, 2.45) is 11.1 Å². The summed E-state index contributed by atoms with van der Waals surface area (Å²) in [5.41, 5.74) is 7.22. The summed E-state index contributed by atoms with van der Waals surface area (Å²) in [7, 11) is 0. The van der Waals surface area contributed by atoms with Crippen LogP contribution in [0.15, 0.2) is 24.3 Å². The van der Waals surface area contributed by atoms with Crippen LogP contribution in [0.3, 0.4) is 0 Å². The van der Waals surface area contributed by atoms with E-state index < -0.39 is 0 Å². The Morgan fingerprint density at radius 2 is 2.00 bits per heavy atom. The van der Waals surface area contributed by atoms with Gasteiger partial charge in [0.15, 0.2) is 0 Å². The SMILES string of the molecule is CC1(C)CN(C(=O)c2ccc(C#N)cc2)CCC1N.Cl. The molecule has 1 fully saturated rings. The Balaban J connectivity index is 0.00000200. The van der Waals surface area contributed by atoms with Gasteiger partial charge in [-0.3, -0.25) is 4.79 Å². The maximum Gasteiger partial charge on any atom is 0.253 e. The Labute approximate surface area is 126 Å². The van der Waals surface area contributed by atoms with Crippen LogP contribution in [0, 0.1) is 16.7 Å². The highest BCUT2D eigenvalue weighted by atomic mass is 35.5. The Hall–Kier alpha value is -1.57. The molecule has 1 heterocycles. The van der Waals surface area contributed by atoms with E-state index >= 15 is 0 Å². The summed E-state index contributed by atoms with van der Waals surface area (Å²) in [4.78, 5) is 14.2. The van der Waals surface area contributed by atoms with Gasteiger partial charge in [-0.05, 0) is 36.1 Å². The number of piperidine rings is 1. The van der Waals surface area contributed by atoms with Gasteiger partial charge in [-0.2, -0.15) is 5.26 Å². The van der Waals surface area contributed by atoms with E-state index in [1.807, 2.05) is 4.90 Å². The van der Waals surface area contributed by atoms with Crippen molar-refractivity contribution in [1.82, 2.24) is 4.90 Å². The van der Waals surface area contributed by atoms with Crippen LogP contribution in [-0.2, 0) is 0 Å². The first kappa shape index (κ1) is 16.5. The van der Waals surface area contributed by atoms with E-state index in [0.717, 1.165) is 6.42 Å². The third-order valence-corrected chi connectivity index (χ3v) is 3.86. The normalized spacial score (nSPS) is 20.7. The van der Waals surface area contributed by atoms with Crippen molar-refractivity contribution in [3.8, 4) is 6.07 Å². The van der Waals surface area contributed by atoms with E-state index in [9.17, 15) is 4.79 Å². The van der Waals surface area contributed by atoms with Gasteiger partial charge in [-0.15, -0.1) is 12.4 Å². The second kappa shape index (κ2) is 6.25. The third-order valence-electron chi connectivity index (χ3n) is 3.86. The number of halogens is 1. The average Bonchev–Trinajstić information content (AvgIpc) is 2.41. The number of nitriles is 1. The molecule has 0 aromatic heterocycles. The van der Waals surface area contributed by atoms with Crippen molar-refractivity contribution < 1.29 is 4.79 Å². The zero-order chi connectivity index (χ0) is 14.0. The minimum absolute atomic E-state index is 0. The summed E-state index contributed by atoms with van der Waals surface area (Å²) in [6.07, 6.45) is 0.828. The summed E-state index contributed by atoms with van der Waals surface area (Å²) >= 11 is 0. The number of hydrogen-bond donors (Lipinski definition) is 1. The Morgan fingerprint density at radius 1 is 1.40 bits per heavy atom. The molecule has 0 bridgehead atoms. The molecule has 108 valence electrons. The Morgan fingerprint density at radius 3 is 2.50 bits per heavy atom. The van der Waals surface area contributed by atoms with Crippen molar-refractivity contribution in [2.75, 3.05) is 13.1 Å². The molecule has 2 N–H and O–H groups in total. The van der Waals surface area contributed by atoms with Crippen LogP contribution < -0.4 is 5.73 Å². The standard InChI is InChI=1S/C15H19N3O.ClH/c1-15(2)10-18(8-7-13(15)17)14(19)12-5-3-11(9-16)4-6-12;/h3-6,13H,7-8,10,17H2,1-2H3;1H. The molecular weight excluding hydrogens is 274 g/mol. The van der Waals surface area contributed by atoms with Crippen molar-refractivity contribution in [1.29, 1.82) is 5.26 Å². The Bertz CT molecular complexity index is 519. The molecule has 1 aliphatic rings. The number of hydrogen-bond acceptors (Lipinski definition) is 3. The van der Waals surface area contributed by atoms with Crippen LogP contribution in [0.1, 0.15) is 36.2 Å². The van der Waals surface area contributed by atoms with Crippen LogP contribution in [0.5, 0.6) is 0 Å². The van der Waals surface area contributed by atoms with Crippen LogP contribution in [0.4, 0.5) is 0 Å². The maximum absolute atomic E-state index is 12.4. The smallest absolute Gasteiger partial charge is 0.253 e. The first-order chi connectivity index (χ1) is 8.94. The number of rotatable bonds is 1. The lowest BCUT2D eigenvalue weighted by Gasteiger charge is -2.42. The number of nitrogens with two attached hydrogens (primary N) is 1. The lowest BCUT2D eigenvalue weighted by molar-refractivity contribution is 0.0533. The lowest BCUT2D eigenvalue weighted by atomic mass is 9.79. The predicted molar refractivity (Wildman–Crippen MR) is 80.7 cm³/mol.